The number of allylic oxidation sites excluding steroid dienone is 2. The highest BCUT2D eigenvalue weighted by molar-refractivity contribution is 5.76. The van der Waals surface area contributed by atoms with Gasteiger partial charge >= 0.3 is 5.97 Å². The lowest BCUT2D eigenvalue weighted by Gasteiger charge is -2.22. The van der Waals surface area contributed by atoms with Crippen molar-refractivity contribution in [2.75, 3.05) is 13.2 Å². The molecule has 0 aromatic rings. The predicted molar refractivity (Wildman–Crippen MR) is 320 cm³/mol. The van der Waals surface area contributed by atoms with Gasteiger partial charge in [0.15, 0.2) is 0 Å². The van der Waals surface area contributed by atoms with Crippen molar-refractivity contribution in [3.8, 4) is 0 Å². The first-order valence-corrected chi connectivity index (χ1v) is 33.4. The highest BCUT2D eigenvalue weighted by Crippen LogP contribution is 2.19. The topological polar surface area (TPSA) is 95.9 Å². The number of nitrogens with one attached hydrogen (secondary N) is 1. The van der Waals surface area contributed by atoms with E-state index in [9.17, 15) is 19.8 Å². The van der Waals surface area contributed by atoms with Crippen molar-refractivity contribution in [2.45, 2.75) is 392 Å². The maximum Gasteiger partial charge on any atom is 0.305 e. The number of rotatable bonds is 63. The molecule has 0 spiro atoms. The van der Waals surface area contributed by atoms with Crippen LogP contribution in [0.2, 0.25) is 0 Å². The van der Waals surface area contributed by atoms with E-state index in [0.717, 1.165) is 44.9 Å². The molecule has 6 heteroatoms. The van der Waals surface area contributed by atoms with Gasteiger partial charge in [-0.2, -0.15) is 0 Å². The Morgan fingerprint density at radius 1 is 0.370 bits per heavy atom. The van der Waals surface area contributed by atoms with Crippen LogP contribution in [0.3, 0.4) is 0 Å². The molecule has 73 heavy (non-hydrogen) atoms. The molecule has 434 valence electrons. The molecule has 0 heterocycles. The molecule has 0 saturated heterocycles. The Bertz CT molecular complexity index is 1100. The zero-order valence-corrected chi connectivity index (χ0v) is 49.6. The predicted octanol–water partition coefficient (Wildman–Crippen LogP) is 21.2. The van der Waals surface area contributed by atoms with Gasteiger partial charge < -0.3 is 20.3 Å². The van der Waals surface area contributed by atoms with E-state index in [1.807, 2.05) is 0 Å². The first-order valence-electron chi connectivity index (χ1n) is 33.4. The summed E-state index contributed by atoms with van der Waals surface area (Å²) in [7, 11) is 0. The number of esters is 1. The average Bonchev–Trinajstić information content (AvgIpc) is 3.39. The molecule has 0 aromatic carbocycles. The molecule has 2 unspecified atom stereocenters. The van der Waals surface area contributed by atoms with Gasteiger partial charge in [0.1, 0.15) is 0 Å². The van der Waals surface area contributed by atoms with Crippen molar-refractivity contribution in [3.05, 3.63) is 12.2 Å². The van der Waals surface area contributed by atoms with Crippen molar-refractivity contribution in [2.24, 2.45) is 0 Å². The molecule has 0 aliphatic rings. The highest BCUT2D eigenvalue weighted by atomic mass is 16.5. The van der Waals surface area contributed by atoms with Crippen LogP contribution in [0, 0.1) is 0 Å². The summed E-state index contributed by atoms with van der Waals surface area (Å²) in [5.74, 6) is -0.0159. The number of unbranched alkanes of at least 4 members (excludes halogenated alkanes) is 50. The van der Waals surface area contributed by atoms with Crippen LogP contribution < -0.4 is 5.32 Å². The van der Waals surface area contributed by atoms with Crippen LogP contribution in [0.15, 0.2) is 12.2 Å². The molecule has 0 bridgehead atoms. The molecular formula is C67H131NO5. The minimum atomic E-state index is -0.661. The molecule has 0 aromatic heterocycles. The van der Waals surface area contributed by atoms with Crippen LogP contribution in [0.5, 0.6) is 0 Å². The molecule has 0 fully saturated rings. The largest absolute Gasteiger partial charge is 0.466 e. The molecule has 0 saturated carbocycles. The normalized spacial score (nSPS) is 12.5. The van der Waals surface area contributed by atoms with E-state index >= 15 is 0 Å². The minimum Gasteiger partial charge on any atom is -0.466 e. The Balaban J connectivity index is 3.33. The standard InChI is InChI=1S/C67H131NO5/c1-3-5-7-9-11-13-15-17-18-29-33-37-41-45-49-53-57-61-67(72)73-62-58-54-50-46-42-38-34-31-28-26-24-22-20-19-21-23-25-27-30-32-36-40-44-48-52-56-60-66(71)68-64(63-69)65(70)59-55-51-47-43-39-35-16-14-12-10-8-6-4-2/h17-18,64-65,69-70H,3-16,19-63H2,1-2H3,(H,68,71)/b18-17-. The van der Waals surface area contributed by atoms with Crippen molar-refractivity contribution < 1.29 is 24.5 Å². The summed E-state index contributed by atoms with van der Waals surface area (Å²) in [5.41, 5.74) is 0. The molecule has 0 rings (SSSR count). The lowest BCUT2D eigenvalue weighted by Crippen LogP contribution is -2.45. The highest BCUT2D eigenvalue weighted by Gasteiger charge is 2.20. The summed E-state index contributed by atoms with van der Waals surface area (Å²) in [6.07, 6.45) is 76.7. The second-order valence-corrected chi connectivity index (χ2v) is 23.2. The number of hydrogen-bond acceptors (Lipinski definition) is 5. The van der Waals surface area contributed by atoms with Crippen LogP contribution in [-0.2, 0) is 14.3 Å². The summed E-state index contributed by atoms with van der Waals surface area (Å²) in [6, 6.07) is -0.538. The van der Waals surface area contributed by atoms with Crippen molar-refractivity contribution in [1.82, 2.24) is 5.32 Å². The van der Waals surface area contributed by atoms with E-state index in [-0.39, 0.29) is 18.5 Å². The third-order valence-corrected chi connectivity index (χ3v) is 15.8. The maximum absolute atomic E-state index is 12.5. The molecule has 1 amide bonds. The first-order chi connectivity index (χ1) is 36.0. The fourth-order valence-electron chi connectivity index (χ4n) is 10.7. The molecule has 0 radical (unpaired) electrons. The van der Waals surface area contributed by atoms with Gasteiger partial charge in [0, 0.05) is 12.8 Å². The quantitative estimate of drug-likeness (QED) is 0.0320. The van der Waals surface area contributed by atoms with E-state index in [0.29, 0.717) is 25.9 Å². The fraction of sp³-hybridized carbons (Fsp3) is 0.940. The zero-order valence-electron chi connectivity index (χ0n) is 49.6. The summed E-state index contributed by atoms with van der Waals surface area (Å²) in [4.78, 5) is 24.6. The maximum atomic E-state index is 12.5. The van der Waals surface area contributed by atoms with E-state index in [2.05, 4.69) is 31.3 Å². The third kappa shape index (κ3) is 59.7. The Morgan fingerprint density at radius 3 is 0.973 bits per heavy atom. The average molecular weight is 1030 g/mol. The Hall–Kier alpha value is -1.40. The van der Waals surface area contributed by atoms with Gasteiger partial charge in [0.05, 0.1) is 25.4 Å². The summed E-state index contributed by atoms with van der Waals surface area (Å²) in [6.45, 7) is 4.98. The number of hydrogen-bond donors (Lipinski definition) is 3. The molecule has 0 aliphatic carbocycles. The summed E-state index contributed by atoms with van der Waals surface area (Å²) < 4.78 is 5.50. The van der Waals surface area contributed by atoms with Gasteiger partial charge in [-0.25, -0.2) is 0 Å². The van der Waals surface area contributed by atoms with Crippen LogP contribution in [0.1, 0.15) is 380 Å². The summed E-state index contributed by atoms with van der Waals surface area (Å²) >= 11 is 0. The van der Waals surface area contributed by atoms with Crippen molar-refractivity contribution in [1.29, 1.82) is 0 Å². The second kappa shape index (κ2) is 63.1. The number of ether oxygens (including phenoxy) is 1. The fourth-order valence-corrected chi connectivity index (χ4v) is 10.7. The SMILES string of the molecule is CCCCCCCC/C=C\CCCCCCCCCC(=O)OCCCCCCCCCCCCCCCCCCCCCCCCCCCCC(=O)NC(CO)C(O)CCCCCCCCCCCCCCC. The number of amides is 1. The number of carbonyl (C=O) groups is 2. The van der Waals surface area contributed by atoms with Crippen molar-refractivity contribution >= 4 is 11.9 Å². The van der Waals surface area contributed by atoms with Crippen LogP contribution in [0.25, 0.3) is 0 Å². The second-order valence-electron chi connectivity index (χ2n) is 23.2. The number of carbonyl (C=O) groups excluding carboxylic acids is 2. The van der Waals surface area contributed by atoms with E-state index in [1.165, 1.54) is 302 Å². The van der Waals surface area contributed by atoms with Crippen molar-refractivity contribution in [3.63, 3.8) is 0 Å². The number of aliphatic hydroxyl groups is 2. The van der Waals surface area contributed by atoms with Crippen LogP contribution in [0.4, 0.5) is 0 Å². The van der Waals surface area contributed by atoms with Crippen LogP contribution >= 0.6 is 0 Å². The van der Waals surface area contributed by atoms with Gasteiger partial charge in [0.2, 0.25) is 5.91 Å². The van der Waals surface area contributed by atoms with E-state index < -0.39 is 12.1 Å². The monoisotopic (exact) mass is 1030 g/mol. The molecule has 2 atom stereocenters. The van der Waals surface area contributed by atoms with Gasteiger partial charge in [-0.3, -0.25) is 9.59 Å². The Kier molecular flexibility index (Phi) is 61.9. The van der Waals surface area contributed by atoms with Crippen LogP contribution in [-0.4, -0.2) is 47.4 Å². The lowest BCUT2D eigenvalue weighted by molar-refractivity contribution is -0.143. The van der Waals surface area contributed by atoms with Gasteiger partial charge in [0.25, 0.3) is 0 Å². The molecule has 6 nitrogen and oxygen atoms in total. The van der Waals surface area contributed by atoms with Gasteiger partial charge in [-0.15, -0.1) is 0 Å². The smallest absolute Gasteiger partial charge is 0.305 e. The lowest BCUT2D eigenvalue weighted by atomic mass is 10.0. The first kappa shape index (κ1) is 71.6. The minimum absolute atomic E-state index is 0.0148. The van der Waals surface area contributed by atoms with E-state index in [4.69, 9.17) is 4.74 Å². The summed E-state index contributed by atoms with van der Waals surface area (Å²) in [5, 5.41) is 23.3. The van der Waals surface area contributed by atoms with E-state index in [1.54, 1.807) is 0 Å². The molecule has 3 N–H and O–H groups in total. The zero-order chi connectivity index (χ0) is 52.9. The Morgan fingerprint density at radius 2 is 0.644 bits per heavy atom. The molecular weight excluding hydrogens is 899 g/mol. The third-order valence-electron chi connectivity index (χ3n) is 15.8. The molecule has 0 aliphatic heterocycles. The van der Waals surface area contributed by atoms with Gasteiger partial charge in [-0.1, -0.05) is 328 Å². The Labute approximate surface area is 457 Å². The van der Waals surface area contributed by atoms with Gasteiger partial charge in [-0.05, 0) is 51.4 Å². The number of aliphatic hydroxyl groups excluding tert-OH is 2.